The number of aliphatic carboxylic acids is 1. The van der Waals surface area contributed by atoms with E-state index in [2.05, 4.69) is 10.6 Å². The molecule has 0 fully saturated rings. The molecule has 2 atom stereocenters. The maximum atomic E-state index is 12.4. The lowest BCUT2D eigenvalue weighted by molar-refractivity contribution is -0.145. The van der Waals surface area contributed by atoms with E-state index in [-0.39, 0.29) is 31.1 Å². The molecule has 0 radical (unpaired) electrons. The largest absolute Gasteiger partial charge is 0.481 e. The van der Waals surface area contributed by atoms with Crippen molar-refractivity contribution in [3.05, 3.63) is 0 Å². The van der Waals surface area contributed by atoms with Gasteiger partial charge in [-0.25, -0.2) is 0 Å². The van der Waals surface area contributed by atoms with E-state index in [9.17, 15) is 19.5 Å². The number of aliphatic hydroxyl groups excluding tert-OH is 1. The van der Waals surface area contributed by atoms with Gasteiger partial charge in [0.25, 0.3) is 11.8 Å². The van der Waals surface area contributed by atoms with Gasteiger partial charge in [-0.2, -0.15) is 0 Å². The first-order valence-electron chi connectivity index (χ1n) is 8.16. The van der Waals surface area contributed by atoms with E-state index >= 15 is 0 Å². The van der Waals surface area contributed by atoms with Crippen LogP contribution < -0.4 is 16.4 Å². The Bertz CT molecular complexity index is 478. The molecule has 0 saturated heterocycles. The highest BCUT2D eigenvalue weighted by Crippen LogP contribution is 2.37. The number of amides is 2. The number of hydrogen-bond donors (Lipinski definition) is 5. The van der Waals surface area contributed by atoms with Crippen molar-refractivity contribution in [2.24, 2.45) is 5.73 Å². The summed E-state index contributed by atoms with van der Waals surface area (Å²) in [4.78, 5) is 35.0. The van der Waals surface area contributed by atoms with E-state index in [1.165, 1.54) is 0 Å². The molecule has 10 heteroatoms. The van der Waals surface area contributed by atoms with Crippen LogP contribution in [0.4, 0.5) is 0 Å². The molecule has 0 unspecified atom stereocenters. The number of carboxylic acids is 1. The summed E-state index contributed by atoms with van der Waals surface area (Å²) in [6.45, 7) is 9.87. The topological polar surface area (TPSA) is 151 Å². The van der Waals surface area contributed by atoms with Crippen LogP contribution in [0.2, 0.25) is 18.1 Å². The van der Waals surface area contributed by atoms with E-state index in [1.54, 1.807) is 0 Å². The Balaban J connectivity index is 5.25. The van der Waals surface area contributed by atoms with Crippen molar-refractivity contribution in [2.45, 2.75) is 57.5 Å². The average Bonchev–Trinajstić information content (AvgIpc) is 2.47. The monoisotopic (exact) mass is 377 g/mol. The van der Waals surface area contributed by atoms with Crippen molar-refractivity contribution in [1.29, 1.82) is 0 Å². The van der Waals surface area contributed by atoms with Crippen LogP contribution in [-0.4, -0.2) is 68.2 Å². The highest BCUT2D eigenvalue weighted by molar-refractivity contribution is 6.74. The van der Waals surface area contributed by atoms with Crippen LogP contribution in [0, 0.1) is 0 Å². The number of carboxylic acid groups (broad SMARTS) is 1. The molecule has 0 aliphatic rings. The predicted molar refractivity (Wildman–Crippen MR) is 95.4 cm³/mol. The maximum absolute atomic E-state index is 12.4. The second-order valence-corrected chi connectivity index (χ2v) is 12.0. The number of nitrogens with two attached hydrogens (primary N) is 1. The van der Waals surface area contributed by atoms with Gasteiger partial charge in [0.05, 0.1) is 6.42 Å². The van der Waals surface area contributed by atoms with E-state index in [1.807, 2.05) is 33.9 Å². The van der Waals surface area contributed by atoms with Crippen LogP contribution in [0.1, 0.15) is 27.2 Å². The highest BCUT2D eigenvalue weighted by atomic mass is 28.4. The Labute approximate surface area is 149 Å². The summed E-state index contributed by atoms with van der Waals surface area (Å²) < 4.78 is 5.92. The van der Waals surface area contributed by atoms with Crippen molar-refractivity contribution in [2.75, 3.05) is 19.6 Å². The number of aliphatic hydroxyl groups is 1. The van der Waals surface area contributed by atoms with Gasteiger partial charge in [0.15, 0.2) is 20.5 Å². The van der Waals surface area contributed by atoms with Gasteiger partial charge in [0, 0.05) is 19.6 Å². The zero-order chi connectivity index (χ0) is 19.8. The van der Waals surface area contributed by atoms with E-state index in [0.29, 0.717) is 0 Å². The molecule has 0 bridgehead atoms. The number of rotatable bonds is 10. The lowest BCUT2D eigenvalue weighted by Crippen LogP contribution is -2.56. The number of hydrogen-bond acceptors (Lipinski definition) is 6. The molecular formula is C15H31N3O6Si. The first kappa shape index (κ1) is 23.5. The molecule has 0 aliphatic carbocycles. The van der Waals surface area contributed by atoms with Crippen LogP contribution >= 0.6 is 0 Å². The Hall–Kier alpha value is -1.49. The first-order valence-corrected chi connectivity index (χ1v) is 11.1. The zero-order valence-corrected chi connectivity index (χ0v) is 16.6. The molecule has 146 valence electrons. The lowest BCUT2D eigenvalue weighted by atomic mass is 10.1. The fraction of sp³-hybridized carbons (Fsp3) is 0.800. The Morgan fingerprint density at radius 2 is 1.64 bits per heavy atom. The predicted octanol–water partition coefficient (Wildman–Crippen LogP) is -0.596. The third-order valence-electron chi connectivity index (χ3n) is 4.12. The molecule has 0 saturated carbocycles. The van der Waals surface area contributed by atoms with Crippen molar-refractivity contribution in [1.82, 2.24) is 10.6 Å². The van der Waals surface area contributed by atoms with Crippen LogP contribution in [-0.2, 0) is 18.8 Å². The molecule has 0 aliphatic heterocycles. The molecule has 0 aromatic rings. The quantitative estimate of drug-likeness (QED) is 0.319. The second-order valence-electron chi connectivity index (χ2n) is 7.26. The average molecular weight is 378 g/mol. The van der Waals surface area contributed by atoms with Crippen LogP contribution in [0.5, 0.6) is 0 Å². The molecule has 6 N–H and O–H groups in total. The SMILES string of the molecule is CC(C)(C)[Si](C)(C)O[C@H](C(=O)NCCC(=O)O)[C@@H](O)C(=O)NCCN. The third kappa shape index (κ3) is 7.95. The van der Waals surface area contributed by atoms with Gasteiger partial charge in [-0.1, -0.05) is 20.8 Å². The highest BCUT2D eigenvalue weighted by Gasteiger charge is 2.44. The lowest BCUT2D eigenvalue weighted by Gasteiger charge is -2.39. The van der Waals surface area contributed by atoms with Gasteiger partial charge in [0.2, 0.25) is 0 Å². The molecule has 0 rings (SSSR count). The summed E-state index contributed by atoms with van der Waals surface area (Å²) >= 11 is 0. The van der Waals surface area contributed by atoms with Gasteiger partial charge in [-0.15, -0.1) is 0 Å². The summed E-state index contributed by atoms with van der Waals surface area (Å²) in [6, 6.07) is 0. The summed E-state index contributed by atoms with van der Waals surface area (Å²) in [5.41, 5.74) is 5.31. The van der Waals surface area contributed by atoms with Crippen molar-refractivity contribution in [3.63, 3.8) is 0 Å². The Morgan fingerprint density at radius 1 is 1.12 bits per heavy atom. The minimum atomic E-state index is -2.47. The fourth-order valence-corrected chi connectivity index (χ4v) is 2.81. The summed E-state index contributed by atoms with van der Waals surface area (Å²) in [5, 5.41) is 23.5. The minimum absolute atomic E-state index is 0.122. The van der Waals surface area contributed by atoms with Crippen LogP contribution in [0.15, 0.2) is 0 Å². The van der Waals surface area contributed by atoms with Gasteiger partial charge >= 0.3 is 5.97 Å². The molecule has 0 aromatic heterocycles. The molecule has 2 amide bonds. The normalized spacial score (nSPS) is 14.5. The van der Waals surface area contributed by atoms with Crippen LogP contribution in [0.25, 0.3) is 0 Å². The summed E-state index contributed by atoms with van der Waals surface area (Å²) in [5.74, 6) is -2.55. The second kappa shape index (κ2) is 9.85. The Morgan fingerprint density at radius 3 is 2.08 bits per heavy atom. The van der Waals surface area contributed by atoms with Gasteiger partial charge in [-0.05, 0) is 18.1 Å². The molecule has 0 aromatic carbocycles. The van der Waals surface area contributed by atoms with Crippen LogP contribution in [0.3, 0.4) is 0 Å². The van der Waals surface area contributed by atoms with Gasteiger partial charge < -0.3 is 31.0 Å². The molecule has 9 nitrogen and oxygen atoms in total. The molecule has 25 heavy (non-hydrogen) atoms. The Kier molecular flexibility index (Phi) is 9.26. The van der Waals surface area contributed by atoms with E-state index < -0.39 is 38.3 Å². The molecule has 0 heterocycles. The van der Waals surface area contributed by atoms with E-state index in [0.717, 1.165) is 0 Å². The van der Waals surface area contributed by atoms with Crippen molar-refractivity contribution in [3.8, 4) is 0 Å². The van der Waals surface area contributed by atoms with Gasteiger partial charge in [0.1, 0.15) is 0 Å². The minimum Gasteiger partial charge on any atom is -0.481 e. The number of carbonyl (C=O) groups excluding carboxylic acids is 2. The molecular weight excluding hydrogens is 346 g/mol. The van der Waals surface area contributed by atoms with E-state index in [4.69, 9.17) is 15.3 Å². The summed E-state index contributed by atoms with van der Waals surface area (Å²) in [6.07, 6.45) is -3.41. The maximum Gasteiger partial charge on any atom is 0.305 e. The standard InChI is InChI=1S/C15H31N3O6Si/c1-15(2,3)25(4,5)24-12(11(21)13(22)18-9-7-16)14(23)17-8-6-10(19)20/h11-12,21H,6-9,16H2,1-5H3,(H,17,23)(H,18,22)(H,19,20)/t11-,12+/m1/s1. The molecule has 0 spiro atoms. The third-order valence-corrected chi connectivity index (χ3v) is 8.58. The number of nitrogens with one attached hydrogen (secondary N) is 2. The number of carbonyl (C=O) groups is 3. The smallest absolute Gasteiger partial charge is 0.305 e. The zero-order valence-electron chi connectivity index (χ0n) is 15.6. The van der Waals surface area contributed by atoms with Gasteiger partial charge in [-0.3, -0.25) is 14.4 Å². The van der Waals surface area contributed by atoms with Crippen molar-refractivity contribution < 1.29 is 29.0 Å². The fourth-order valence-electron chi connectivity index (χ4n) is 1.59. The first-order chi connectivity index (χ1) is 11.3. The summed E-state index contributed by atoms with van der Waals surface area (Å²) in [7, 11) is -2.47. The van der Waals surface area contributed by atoms with Crippen molar-refractivity contribution >= 4 is 26.1 Å².